The van der Waals surface area contributed by atoms with Gasteiger partial charge in [0, 0.05) is 12.1 Å². The van der Waals surface area contributed by atoms with Gasteiger partial charge >= 0.3 is 0 Å². The summed E-state index contributed by atoms with van der Waals surface area (Å²) < 4.78 is 7.12. The SMILES string of the molecule is CCn1c(SCC(=O)NC(=O)c2ccccc2OC)nnc1-c1ccccc1C. The molecular formula is C21H22N4O3S. The van der Waals surface area contributed by atoms with Gasteiger partial charge in [-0.3, -0.25) is 14.9 Å². The predicted octanol–water partition coefficient (Wildman–Crippen LogP) is 3.33. The summed E-state index contributed by atoms with van der Waals surface area (Å²) in [5.41, 5.74) is 2.42. The Morgan fingerprint density at radius 2 is 1.83 bits per heavy atom. The Morgan fingerprint density at radius 1 is 1.10 bits per heavy atom. The maximum atomic E-state index is 12.3. The largest absolute Gasteiger partial charge is 0.496 e. The number of carbonyl (C=O) groups excluding carboxylic acids is 2. The second-order valence-electron chi connectivity index (χ2n) is 6.23. The van der Waals surface area contributed by atoms with Gasteiger partial charge in [-0.15, -0.1) is 10.2 Å². The van der Waals surface area contributed by atoms with Crippen LogP contribution in [0, 0.1) is 6.92 Å². The van der Waals surface area contributed by atoms with Crippen LogP contribution in [0.2, 0.25) is 0 Å². The summed E-state index contributed by atoms with van der Waals surface area (Å²) in [5, 5.41) is 11.6. The summed E-state index contributed by atoms with van der Waals surface area (Å²) in [6, 6.07) is 14.7. The van der Waals surface area contributed by atoms with Crippen molar-refractivity contribution < 1.29 is 14.3 Å². The minimum atomic E-state index is -0.495. The monoisotopic (exact) mass is 410 g/mol. The number of nitrogens with one attached hydrogen (secondary N) is 1. The van der Waals surface area contributed by atoms with Crippen LogP contribution in [0.25, 0.3) is 11.4 Å². The van der Waals surface area contributed by atoms with E-state index < -0.39 is 11.8 Å². The summed E-state index contributed by atoms with van der Waals surface area (Å²) in [5.74, 6) is 0.324. The number of methoxy groups -OCH3 is 1. The van der Waals surface area contributed by atoms with Crippen molar-refractivity contribution in [3.63, 3.8) is 0 Å². The van der Waals surface area contributed by atoms with Gasteiger partial charge in [0.05, 0.1) is 18.4 Å². The van der Waals surface area contributed by atoms with Crippen molar-refractivity contribution >= 4 is 23.6 Å². The summed E-state index contributed by atoms with van der Waals surface area (Å²) in [7, 11) is 1.48. The van der Waals surface area contributed by atoms with E-state index in [1.54, 1.807) is 24.3 Å². The fourth-order valence-electron chi connectivity index (χ4n) is 2.90. The number of thioether (sulfide) groups is 1. The van der Waals surface area contributed by atoms with E-state index in [2.05, 4.69) is 15.5 Å². The maximum Gasteiger partial charge on any atom is 0.261 e. The zero-order valence-corrected chi connectivity index (χ0v) is 17.3. The molecule has 0 aliphatic heterocycles. The van der Waals surface area contributed by atoms with Gasteiger partial charge in [0.15, 0.2) is 11.0 Å². The van der Waals surface area contributed by atoms with Crippen molar-refractivity contribution in [3.8, 4) is 17.1 Å². The number of amides is 2. The second kappa shape index (κ2) is 9.38. The first kappa shape index (κ1) is 20.6. The number of aromatic nitrogens is 3. The molecule has 0 spiro atoms. The van der Waals surface area contributed by atoms with E-state index in [1.165, 1.54) is 18.9 Å². The molecule has 2 amide bonds. The summed E-state index contributed by atoms with van der Waals surface area (Å²) in [6.45, 7) is 4.69. The smallest absolute Gasteiger partial charge is 0.261 e. The third kappa shape index (κ3) is 4.65. The van der Waals surface area contributed by atoms with Gasteiger partial charge in [0.2, 0.25) is 5.91 Å². The number of hydrogen-bond donors (Lipinski definition) is 1. The van der Waals surface area contributed by atoms with Gasteiger partial charge in [-0.25, -0.2) is 0 Å². The molecule has 2 aromatic carbocycles. The lowest BCUT2D eigenvalue weighted by atomic mass is 10.1. The fourth-order valence-corrected chi connectivity index (χ4v) is 3.70. The number of carbonyl (C=O) groups is 2. The highest BCUT2D eigenvalue weighted by Gasteiger charge is 2.18. The highest BCUT2D eigenvalue weighted by atomic mass is 32.2. The highest BCUT2D eigenvalue weighted by molar-refractivity contribution is 7.99. The van der Waals surface area contributed by atoms with Crippen molar-refractivity contribution in [1.29, 1.82) is 0 Å². The van der Waals surface area contributed by atoms with Crippen molar-refractivity contribution in [2.24, 2.45) is 0 Å². The minimum Gasteiger partial charge on any atom is -0.496 e. The molecule has 1 N–H and O–H groups in total. The zero-order chi connectivity index (χ0) is 20.8. The van der Waals surface area contributed by atoms with E-state index in [0.717, 1.165) is 17.0 Å². The molecule has 0 unspecified atom stereocenters. The number of imide groups is 1. The number of benzene rings is 2. The average Bonchev–Trinajstić information content (AvgIpc) is 3.15. The number of hydrogen-bond acceptors (Lipinski definition) is 6. The number of aryl methyl sites for hydroxylation is 1. The number of nitrogens with zero attached hydrogens (tertiary/aromatic N) is 3. The van der Waals surface area contributed by atoms with Gasteiger partial charge in [0.1, 0.15) is 5.75 Å². The van der Waals surface area contributed by atoms with Crippen LogP contribution < -0.4 is 10.1 Å². The lowest BCUT2D eigenvalue weighted by Gasteiger charge is -2.10. The molecule has 29 heavy (non-hydrogen) atoms. The summed E-state index contributed by atoms with van der Waals surface area (Å²) >= 11 is 1.24. The van der Waals surface area contributed by atoms with Crippen molar-refractivity contribution in [2.75, 3.05) is 12.9 Å². The molecule has 7 nitrogen and oxygen atoms in total. The minimum absolute atomic E-state index is 0.0484. The Kier molecular flexibility index (Phi) is 6.66. The van der Waals surface area contributed by atoms with Gasteiger partial charge < -0.3 is 9.30 Å². The Labute approximate surface area is 173 Å². The highest BCUT2D eigenvalue weighted by Crippen LogP contribution is 2.26. The first-order valence-electron chi connectivity index (χ1n) is 9.14. The van der Waals surface area contributed by atoms with E-state index in [-0.39, 0.29) is 5.75 Å². The third-order valence-electron chi connectivity index (χ3n) is 4.36. The molecule has 0 atom stereocenters. The van der Waals surface area contributed by atoms with Gasteiger partial charge in [-0.05, 0) is 31.5 Å². The molecule has 0 fully saturated rings. The number of para-hydroxylation sites is 1. The quantitative estimate of drug-likeness (QED) is 0.601. The van der Waals surface area contributed by atoms with Crippen LogP contribution in [-0.2, 0) is 11.3 Å². The molecule has 0 aliphatic carbocycles. The Bertz CT molecular complexity index is 1030. The molecule has 0 bridgehead atoms. The third-order valence-corrected chi connectivity index (χ3v) is 5.32. The van der Waals surface area contributed by atoms with Crippen molar-refractivity contribution in [1.82, 2.24) is 20.1 Å². The molecular weight excluding hydrogens is 388 g/mol. The average molecular weight is 410 g/mol. The first-order valence-corrected chi connectivity index (χ1v) is 10.1. The molecule has 0 aliphatic rings. The van der Waals surface area contributed by atoms with E-state index in [4.69, 9.17) is 4.74 Å². The maximum absolute atomic E-state index is 12.3. The topological polar surface area (TPSA) is 86.1 Å². The van der Waals surface area contributed by atoms with E-state index in [0.29, 0.717) is 23.0 Å². The molecule has 8 heteroatoms. The standard InChI is InChI=1S/C21H22N4O3S/c1-4-25-19(15-10-6-5-9-14(15)2)23-24-21(25)29-13-18(26)22-20(27)16-11-7-8-12-17(16)28-3/h5-12H,4,13H2,1-3H3,(H,22,26,27). The van der Waals surface area contributed by atoms with E-state index >= 15 is 0 Å². The van der Waals surface area contributed by atoms with Crippen LogP contribution in [0.1, 0.15) is 22.8 Å². The van der Waals surface area contributed by atoms with Crippen LogP contribution in [0.4, 0.5) is 0 Å². The van der Waals surface area contributed by atoms with E-state index in [1.807, 2.05) is 42.7 Å². The van der Waals surface area contributed by atoms with E-state index in [9.17, 15) is 9.59 Å². The van der Waals surface area contributed by atoms with Crippen LogP contribution >= 0.6 is 11.8 Å². The number of ether oxygens (including phenoxy) is 1. The van der Waals surface area contributed by atoms with Gasteiger partial charge in [-0.1, -0.05) is 48.2 Å². The van der Waals surface area contributed by atoms with Gasteiger partial charge in [0.25, 0.3) is 5.91 Å². The normalized spacial score (nSPS) is 10.6. The Morgan fingerprint density at radius 3 is 2.55 bits per heavy atom. The van der Waals surface area contributed by atoms with Crippen LogP contribution in [0.3, 0.4) is 0 Å². The molecule has 0 saturated heterocycles. The molecule has 1 heterocycles. The van der Waals surface area contributed by atoms with Crippen LogP contribution in [-0.4, -0.2) is 39.4 Å². The first-order chi connectivity index (χ1) is 14.0. The zero-order valence-electron chi connectivity index (χ0n) is 16.5. The van der Waals surface area contributed by atoms with Crippen LogP contribution in [0.5, 0.6) is 5.75 Å². The molecule has 0 radical (unpaired) electrons. The number of rotatable bonds is 7. The lowest BCUT2D eigenvalue weighted by Crippen LogP contribution is -2.32. The van der Waals surface area contributed by atoms with Gasteiger partial charge in [-0.2, -0.15) is 0 Å². The predicted molar refractivity (Wildman–Crippen MR) is 112 cm³/mol. The Hall–Kier alpha value is -3.13. The molecule has 0 saturated carbocycles. The summed E-state index contributed by atoms with van der Waals surface area (Å²) in [4.78, 5) is 24.6. The fraction of sp³-hybridized carbons (Fsp3) is 0.238. The second-order valence-corrected chi connectivity index (χ2v) is 7.17. The Balaban J connectivity index is 1.68. The van der Waals surface area contributed by atoms with Crippen LogP contribution in [0.15, 0.2) is 53.7 Å². The molecule has 150 valence electrons. The molecule has 3 aromatic rings. The van der Waals surface area contributed by atoms with Crippen molar-refractivity contribution in [3.05, 3.63) is 59.7 Å². The van der Waals surface area contributed by atoms with Crippen molar-refractivity contribution in [2.45, 2.75) is 25.5 Å². The summed E-state index contributed by atoms with van der Waals surface area (Å²) in [6.07, 6.45) is 0. The molecule has 1 aromatic heterocycles. The lowest BCUT2D eigenvalue weighted by molar-refractivity contribution is -0.117. The molecule has 3 rings (SSSR count).